The van der Waals surface area contributed by atoms with E-state index in [4.69, 9.17) is 4.74 Å². The third-order valence-electron chi connectivity index (χ3n) is 4.74. The number of rotatable bonds is 7. The van der Waals surface area contributed by atoms with E-state index in [1.165, 1.54) is 52.3 Å². The van der Waals surface area contributed by atoms with Crippen molar-refractivity contribution in [2.24, 2.45) is 5.92 Å². The fraction of sp³-hybridized carbons (Fsp3) is 0.208. The molecule has 8 nitrogen and oxygen atoms in total. The zero-order valence-electron chi connectivity index (χ0n) is 18.4. The normalized spacial score (nSPS) is 11.1. The van der Waals surface area contributed by atoms with Crippen LogP contribution in [0.3, 0.4) is 0 Å². The maximum absolute atomic E-state index is 13.1. The molecule has 174 valence electrons. The second-order valence-electron chi connectivity index (χ2n) is 7.99. The molecular weight excluding hydrogens is 459 g/mol. The number of esters is 1. The first-order chi connectivity index (χ1) is 16.3. The van der Waals surface area contributed by atoms with E-state index in [1.54, 1.807) is 18.2 Å². The van der Waals surface area contributed by atoms with Gasteiger partial charge in [-0.15, -0.1) is 0 Å². The highest BCUT2D eigenvalue weighted by Crippen LogP contribution is 2.17. The number of anilines is 1. The lowest BCUT2D eigenvalue weighted by molar-refractivity contribution is 0.0467. The van der Waals surface area contributed by atoms with Crippen LogP contribution in [0.5, 0.6) is 0 Å². The van der Waals surface area contributed by atoms with Crippen LogP contribution < -0.4 is 10.9 Å². The minimum absolute atomic E-state index is 0.186. The zero-order chi connectivity index (χ0) is 24.2. The molecule has 0 spiro atoms. The molecule has 0 saturated heterocycles. The van der Waals surface area contributed by atoms with Gasteiger partial charge in [-0.3, -0.25) is 9.59 Å². The minimum atomic E-state index is -0.635. The predicted octanol–water partition coefficient (Wildman–Crippen LogP) is 4.10. The molecule has 0 aliphatic heterocycles. The second-order valence-corrected chi connectivity index (χ2v) is 9.03. The van der Waals surface area contributed by atoms with Crippen LogP contribution in [-0.2, 0) is 17.8 Å². The van der Waals surface area contributed by atoms with Crippen molar-refractivity contribution in [3.05, 3.63) is 92.6 Å². The van der Waals surface area contributed by atoms with E-state index in [0.717, 1.165) is 11.4 Å². The Hall–Kier alpha value is -3.92. The molecule has 2 aromatic carbocycles. The van der Waals surface area contributed by atoms with Crippen LogP contribution >= 0.6 is 11.3 Å². The van der Waals surface area contributed by atoms with Crippen molar-refractivity contribution < 1.29 is 18.7 Å². The molecule has 34 heavy (non-hydrogen) atoms. The van der Waals surface area contributed by atoms with E-state index < -0.39 is 17.7 Å². The molecule has 0 atom stereocenters. The summed E-state index contributed by atoms with van der Waals surface area (Å²) in [6.07, 6.45) is 0.742. The first kappa shape index (κ1) is 23.2. The summed E-state index contributed by atoms with van der Waals surface area (Å²) in [6.45, 7) is 3.95. The molecule has 1 N–H and O–H groups in total. The topological polar surface area (TPSA) is 103 Å². The van der Waals surface area contributed by atoms with Crippen LogP contribution in [0.2, 0.25) is 0 Å². The molecule has 0 aliphatic carbocycles. The standard InChI is InChI=1S/C24H21FN4O4S/c1-14(2)10-20-28-29-21(30)12-19(27-24(29)34-20)13-33-23(32)16-4-3-5-18(11-16)26-22(31)15-6-8-17(25)9-7-15/h3-9,11-12,14H,10,13H2,1-2H3,(H,26,31). The molecule has 0 saturated carbocycles. The van der Waals surface area contributed by atoms with Gasteiger partial charge in [0.05, 0.1) is 11.3 Å². The molecule has 0 aliphatic rings. The van der Waals surface area contributed by atoms with Gasteiger partial charge in [0.1, 0.15) is 17.4 Å². The van der Waals surface area contributed by atoms with Crippen molar-refractivity contribution in [3.8, 4) is 0 Å². The minimum Gasteiger partial charge on any atom is -0.456 e. The van der Waals surface area contributed by atoms with Crippen molar-refractivity contribution in [2.45, 2.75) is 26.9 Å². The van der Waals surface area contributed by atoms with E-state index in [9.17, 15) is 18.8 Å². The number of halogens is 1. The van der Waals surface area contributed by atoms with Crippen LogP contribution in [0, 0.1) is 11.7 Å². The lowest BCUT2D eigenvalue weighted by Gasteiger charge is -2.08. The Labute approximate surface area is 198 Å². The van der Waals surface area contributed by atoms with Crippen molar-refractivity contribution in [3.63, 3.8) is 0 Å². The number of nitrogens with one attached hydrogen (secondary N) is 1. The maximum atomic E-state index is 13.1. The molecule has 4 rings (SSSR count). The van der Waals surface area contributed by atoms with E-state index in [1.807, 2.05) is 0 Å². The number of hydrogen-bond acceptors (Lipinski definition) is 7. The number of carbonyl (C=O) groups is 2. The van der Waals surface area contributed by atoms with Gasteiger partial charge in [0.2, 0.25) is 4.96 Å². The number of carbonyl (C=O) groups excluding carboxylic acids is 2. The smallest absolute Gasteiger partial charge is 0.338 e. The number of ether oxygens (including phenoxy) is 1. The van der Waals surface area contributed by atoms with E-state index in [-0.39, 0.29) is 23.3 Å². The molecule has 2 heterocycles. The summed E-state index contributed by atoms with van der Waals surface area (Å²) < 4.78 is 19.6. The SMILES string of the molecule is CC(C)Cc1nn2c(=O)cc(COC(=O)c3cccc(NC(=O)c4ccc(F)cc4)c3)nc2s1. The number of amides is 1. The molecule has 0 radical (unpaired) electrons. The van der Waals surface area contributed by atoms with Gasteiger partial charge in [-0.25, -0.2) is 14.2 Å². The lowest BCUT2D eigenvalue weighted by atomic mass is 10.1. The fourth-order valence-corrected chi connectivity index (χ4v) is 4.28. The summed E-state index contributed by atoms with van der Waals surface area (Å²) in [7, 11) is 0. The first-order valence-corrected chi connectivity index (χ1v) is 11.3. The highest BCUT2D eigenvalue weighted by atomic mass is 32.1. The van der Waals surface area contributed by atoms with Gasteiger partial charge in [0, 0.05) is 23.7 Å². The van der Waals surface area contributed by atoms with Crippen LogP contribution in [0.4, 0.5) is 10.1 Å². The highest BCUT2D eigenvalue weighted by Gasteiger charge is 2.14. The van der Waals surface area contributed by atoms with Crippen molar-refractivity contribution in [2.75, 3.05) is 5.32 Å². The van der Waals surface area contributed by atoms with Gasteiger partial charge < -0.3 is 10.1 Å². The summed E-state index contributed by atoms with van der Waals surface area (Å²) in [6, 6.07) is 12.6. The molecule has 0 fully saturated rings. The quantitative estimate of drug-likeness (QED) is 0.400. The second kappa shape index (κ2) is 9.92. The largest absolute Gasteiger partial charge is 0.456 e. The van der Waals surface area contributed by atoms with Crippen molar-refractivity contribution in [1.82, 2.24) is 14.6 Å². The third-order valence-corrected chi connectivity index (χ3v) is 5.67. The third kappa shape index (κ3) is 5.52. The Balaban J connectivity index is 1.43. The summed E-state index contributed by atoms with van der Waals surface area (Å²) in [5.41, 5.74) is 0.851. The van der Waals surface area contributed by atoms with Gasteiger partial charge in [-0.1, -0.05) is 31.3 Å². The molecule has 0 unspecified atom stereocenters. The van der Waals surface area contributed by atoms with Crippen LogP contribution in [0.25, 0.3) is 4.96 Å². The number of benzene rings is 2. The summed E-state index contributed by atoms with van der Waals surface area (Å²) in [4.78, 5) is 42.1. The van der Waals surface area contributed by atoms with Crippen LogP contribution in [0.1, 0.15) is 45.3 Å². The van der Waals surface area contributed by atoms with Gasteiger partial charge in [0.25, 0.3) is 11.5 Å². The number of nitrogens with zero attached hydrogens (tertiary/aromatic N) is 3. The molecular formula is C24H21FN4O4S. The average Bonchev–Trinajstić information content (AvgIpc) is 3.20. The molecule has 0 bridgehead atoms. The Bertz CT molecular complexity index is 1410. The van der Waals surface area contributed by atoms with E-state index >= 15 is 0 Å². The maximum Gasteiger partial charge on any atom is 0.338 e. The summed E-state index contributed by atoms with van der Waals surface area (Å²) in [5.74, 6) is -1.12. The summed E-state index contributed by atoms with van der Waals surface area (Å²) in [5, 5.41) is 7.77. The van der Waals surface area contributed by atoms with Crippen molar-refractivity contribution >= 4 is 33.9 Å². The summed E-state index contributed by atoms with van der Waals surface area (Å²) >= 11 is 1.33. The molecule has 4 aromatic rings. The number of fused-ring (bicyclic) bond motifs is 1. The van der Waals surface area contributed by atoms with Gasteiger partial charge in [-0.05, 0) is 48.4 Å². The Morgan fingerprint density at radius 3 is 2.62 bits per heavy atom. The first-order valence-electron chi connectivity index (χ1n) is 10.5. The Kier molecular flexibility index (Phi) is 6.78. The van der Waals surface area contributed by atoms with Gasteiger partial charge >= 0.3 is 5.97 Å². The van der Waals surface area contributed by atoms with Gasteiger partial charge in [0.15, 0.2) is 0 Å². The number of hydrogen-bond donors (Lipinski definition) is 1. The molecule has 1 amide bonds. The Morgan fingerprint density at radius 2 is 1.88 bits per heavy atom. The molecule has 10 heteroatoms. The van der Waals surface area contributed by atoms with E-state index in [2.05, 4.69) is 29.2 Å². The highest BCUT2D eigenvalue weighted by molar-refractivity contribution is 7.16. The fourth-order valence-electron chi connectivity index (χ4n) is 3.15. The Morgan fingerprint density at radius 1 is 1.12 bits per heavy atom. The van der Waals surface area contributed by atoms with Crippen LogP contribution in [-0.4, -0.2) is 26.5 Å². The predicted molar refractivity (Wildman–Crippen MR) is 126 cm³/mol. The average molecular weight is 481 g/mol. The van der Waals surface area contributed by atoms with E-state index in [0.29, 0.717) is 22.3 Å². The number of aromatic nitrogens is 3. The van der Waals surface area contributed by atoms with Crippen LogP contribution in [0.15, 0.2) is 59.4 Å². The zero-order valence-corrected chi connectivity index (χ0v) is 19.3. The van der Waals surface area contributed by atoms with Gasteiger partial charge in [-0.2, -0.15) is 9.61 Å². The lowest BCUT2D eigenvalue weighted by Crippen LogP contribution is -2.17. The van der Waals surface area contributed by atoms with Crippen molar-refractivity contribution in [1.29, 1.82) is 0 Å². The molecule has 2 aromatic heterocycles. The monoisotopic (exact) mass is 480 g/mol.